The summed E-state index contributed by atoms with van der Waals surface area (Å²) in [6.45, 7) is 2.55. The second-order valence-electron chi connectivity index (χ2n) is 8.91. The molecular weight excluding hydrogens is 398 g/mol. The molecule has 2 aromatic carbocycles. The van der Waals surface area contributed by atoms with Gasteiger partial charge in [0.05, 0.1) is 17.6 Å². The van der Waals surface area contributed by atoms with E-state index >= 15 is 0 Å². The third-order valence-electron chi connectivity index (χ3n) is 6.68. The van der Waals surface area contributed by atoms with Crippen LogP contribution in [0.4, 0.5) is 0 Å². The number of rotatable bonds is 3. The third-order valence-corrected chi connectivity index (χ3v) is 6.68. The van der Waals surface area contributed by atoms with Crippen molar-refractivity contribution in [2.75, 3.05) is 0 Å². The SMILES string of the molecule is Cc1ccc(Cn2cnc3c(c2=O)c2nc4ccccc4nc2n3C2CCCCC2)cc1. The zero-order valence-electron chi connectivity index (χ0n) is 18.2. The lowest BCUT2D eigenvalue weighted by atomic mass is 9.95. The summed E-state index contributed by atoms with van der Waals surface area (Å²) in [5.41, 5.74) is 6.03. The molecular formula is C26H25N5O. The Hall–Kier alpha value is -3.54. The van der Waals surface area contributed by atoms with Crippen LogP contribution in [0.25, 0.3) is 33.2 Å². The van der Waals surface area contributed by atoms with Crippen molar-refractivity contribution >= 4 is 33.2 Å². The van der Waals surface area contributed by atoms with Gasteiger partial charge in [-0.2, -0.15) is 0 Å². The highest BCUT2D eigenvalue weighted by Gasteiger charge is 2.25. The zero-order valence-corrected chi connectivity index (χ0v) is 18.2. The van der Waals surface area contributed by atoms with Gasteiger partial charge in [0.2, 0.25) is 0 Å². The molecule has 0 unspecified atom stereocenters. The Bertz CT molecular complexity index is 1510. The van der Waals surface area contributed by atoms with Crippen molar-refractivity contribution in [1.29, 1.82) is 0 Å². The van der Waals surface area contributed by atoms with Crippen molar-refractivity contribution in [3.8, 4) is 0 Å². The highest BCUT2D eigenvalue weighted by atomic mass is 16.1. The first-order chi connectivity index (χ1) is 15.7. The van der Waals surface area contributed by atoms with E-state index in [2.05, 4.69) is 35.8 Å². The Morgan fingerprint density at radius 2 is 1.62 bits per heavy atom. The Labute approximate surface area is 185 Å². The highest BCUT2D eigenvalue weighted by molar-refractivity contribution is 6.04. The summed E-state index contributed by atoms with van der Waals surface area (Å²) < 4.78 is 3.88. The molecule has 0 saturated heterocycles. The monoisotopic (exact) mass is 423 g/mol. The van der Waals surface area contributed by atoms with Crippen LogP contribution < -0.4 is 5.56 Å². The number of benzene rings is 2. The summed E-state index contributed by atoms with van der Waals surface area (Å²) in [5.74, 6) is 0. The Kier molecular flexibility index (Phi) is 4.52. The van der Waals surface area contributed by atoms with E-state index in [9.17, 15) is 4.79 Å². The molecule has 6 nitrogen and oxygen atoms in total. The quantitative estimate of drug-likeness (QED) is 0.402. The number of nitrogens with zero attached hydrogens (tertiary/aromatic N) is 5. The largest absolute Gasteiger partial charge is 0.305 e. The molecule has 1 aliphatic rings. The summed E-state index contributed by atoms with van der Waals surface area (Å²) in [7, 11) is 0. The number of hydrogen-bond donors (Lipinski definition) is 0. The smallest absolute Gasteiger partial charge is 0.265 e. The number of aryl methyl sites for hydroxylation is 1. The maximum atomic E-state index is 13.7. The summed E-state index contributed by atoms with van der Waals surface area (Å²) >= 11 is 0. The van der Waals surface area contributed by atoms with Crippen molar-refractivity contribution in [2.45, 2.75) is 51.6 Å². The van der Waals surface area contributed by atoms with E-state index in [0.717, 1.165) is 35.1 Å². The predicted octanol–water partition coefficient (Wildman–Crippen LogP) is 5.16. The standard InChI is InChI=1S/C26H25N5O/c1-17-11-13-18(14-12-17)15-30-16-27-24-22(26(30)32)23-25(31(24)19-7-3-2-4-8-19)29-21-10-6-5-9-20(21)28-23/h5-6,9-14,16,19H,2-4,7-8,15H2,1H3. The third kappa shape index (κ3) is 3.09. The topological polar surface area (TPSA) is 65.6 Å². The zero-order chi connectivity index (χ0) is 21.7. The van der Waals surface area contributed by atoms with E-state index in [4.69, 9.17) is 15.0 Å². The summed E-state index contributed by atoms with van der Waals surface area (Å²) in [4.78, 5) is 28.4. The molecule has 5 aromatic rings. The lowest BCUT2D eigenvalue weighted by molar-refractivity contribution is 0.365. The number of fused-ring (bicyclic) bond motifs is 4. The van der Waals surface area contributed by atoms with E-state index in [1.54, 1.807) is 10.9 Å². The van der Waals surface area contributed by atoms with Gasteiger partial charge in [-0.25, -0.2) is 15.0 Å². The summed E-state index contributed by atoms with van der Waals surface area (Å²) in [5, 5.41) is 0.582. The Morgan fingerprint density at radius 3 is 2.38 bits per heavy atom. The van der Waals surface area contributed by atoms with Crippen LogP contribution >= 0.6 is 0 Å². The molecule has 1 fully saturated rings. The molecule has 160 valence electrons. The first kappa shape index (κ1) is 19.2. The molecule has 0 spiro atoms. The van der Waals surface area contributed by atoms with Crippen molar-refractivity contribution in [2.24, 2.45) is 0 Å². The van der Waals surface area contributed by atoms with Crippen LogP contribution in [0.1, 0.15) is 49.3 Å². The summed E-state index contributed by atoms with van der Waals surface area (Å²) in [6.07, 6.45) is 7.50. The molecule has 6 rings (SSSR count). The number of para-hydroxylation sites is 2. The van der Waals surface area contributed by atoms with Gasteiger partial charge in [0.15, 0.2) is 11.3 Å². The molecule has 3 aromatic heterocycles. The molecule has 3 heterocycles. The average molecular weight is 424 g/mol. The van der Waals surface area contributed by atoms with Gasteiger partial charge < -0.3 is 4.57 Å². The van der Waals surface area contributed by atoms with E-state index in [1.165, 1.54) is 24.8 Å². The van der Waals surface area contributed by atoms with Crippen molar-refractivity contribution < 1.29 is 0 Å². The fraction of sp³-hybridized carbons (Fsp3) is 0.308. The van der Waals surface area contributed by atoms with Crippen LogP contribution in [-0.4, -0.2) is 24.1 Å². The van der Waals surface area contributed by atoms with E-state index in [1.807, 2.05) is 24.3 Å². The maximum Gasteiger partial charge on any atom is 0.265 e. The van der Waals surface area contributed by atoms with Crippen LogP contribution in [0.2, 0.25) is 0 Å². The van der Waals surface area contributed by atoms with Crippen LogP contribution in [0.15, 0.2) is 59.7 Å². The Balaban J connectivity index is 1.61. The molecule has 0 amide bonds. The lowest BCUT2D eigenvalue weighted by Crippen LogP contribution is -2.22. The lowest BCUT2D eigenvalue weighted by Gasteiger charge is -2.24. The molecule has 0 bridgehead atoms. The molecule has 1 aliphatic carbocycles. The fourth-order valence-electron chi connectivity index (χ4n) is 4.99. The van der Waals surface area contributed by atoms with Crippen molar-refractivity contribution in [3.05, 3.63) is 76.3 Å². The molecule has 0 N–H and O–H groups in total. The maximum absolute atomic E-state index is 13.7. The van der Waals surface area contributed by atoms with Gasteiger partial charge in [0, 0.05) is 6.04 Å². The first-order valence-corrected chi connectivity index (χ1v) is 11.4. The van der Waals surface area contributed by atoms with Crippen LogP contribution in [0, 0.1) is 6.92 Å². The minimum Gasteiger partial charge on any atom is -0.305 e. The van der Waals surface area contributed by atoms with Gasteiger partial charge in [-0.1, -0.05) is 61.2 Å². The molecule has 6 heteroatoms. The summed E-state index contributed by atoms with van der Waals surface area (Å²) in [6, 6.07) is 16.4. The van der Waals surface area contributed by atoms with E-state index < -0.39 is 0 Å². The van der Waals surface area contributed by atoms with Gasteiger partial charge in [0.25, 0.3) is 5.56 Å². The van der Waals surface area contributed by atoms with E-state index in [-0.39, 0.29) is 5.56 Å². The van der Waals surface area contributed by atoms with Gasteiger partial charge in [-0.15, -0.1) is 0 Å². The van der Waals surface area contributed by atoms with Crippen molar-refractivity contribution in [3.63, 3.8) is 0 Å². The second-order valence-corrected chi connectivity index (χ2v) is 8.91. The molecule has 1 saturated carbocycles. The minimum atomic E-state index is -0.0558. The Morgan fingerprint density at radius 1 is 0.906 bits per heavy atom. The van der Waals surface area contributed by atoms with Crippen molar-refractivity contribution in [1.82, 2.24) is 24.1 Å². The molecule has 0 radical (unpaired) electrons. The van der Waals surface area contributed by atoms with Gasteiger partial charge in [0.1, 0.15) is 17.2 Å². The van der Waals surface area contributed by atoms with Crippen LogP contribution in [-0.2, 0) is 6.54 Å². The average Bonchev–Trinajstić information content (AvgIpc) is 3.15. The predicted molar refractivity (Wildman–Crippen MR) is 127 cm³/mol. The fourth-order valence-corrected chi connectivity index (χ4v) is 4.99. The van der Waals surface area contributed by atoms with Crippen LogP contribution in [0.3, 0.4) is 0 Å². The molecule has 0 aliphatic heterocycles. The second kappa shape index (κ2) is 7.55. The molecule has 32 heavy (non-hydrogen) atoms. The first-order valence-electron chi connectivity index (χ1n) is 11.4. The highest BCUT2D eigenvalue weighted by Crippen LogP contribution is 2.35. The molecule has 0 atom stereocenters. The minimum absolute atomic E-state index is 0.0558. The van der Waals surface area contributed by atoms with Gasteiger partial charge in [-0.3, -0.25) is 9.36 Å². The van der Waals surface area contributed by atoms with Gasteiger partial charge >= 0.3 is 0 Å². The van der Waals surface area contributed by atoms with E-state index in [0.29, 0.717) is 29.1 Å². The number of hydrogen-bond acceptors (Lipinski definition) is 4. The van der Waals surface area contributed by atoms with Crippen LogP contribution in [0.5, 0.6) is 0 Å². The normalized spacial score (nSPS) is 15.2. The van der Waals surface area contributed by atoms with Gasteiger partial charge in [-0.05, 0) is 37.5 Å². The number of aromatic nitrogens is 5.